The van der Waals surface area contributed by atoms with Crippen LogP contribution in [-0.4, -0.2) is 36.1 Å². The lowest BCUT2D eigenvalue weighted by Crippen LogP contribution is -2.48. The maximum absolute atomic E-state index is 9.68. The van der Waals surface area contributed by atoms with Gasteiger partial charge in [-0.3, -0.25) is 5.32 Å². The molecule has 0 aromatic carbocycles. The van der Waals surface area contributed by atoms with Crippen molar-refractivity contribution in [2.45, 2.75) is 69.9 Å². The van der Waals surface area contributed by atoms with Gasteiger partial charge in [0, 0.05) is 12.6 Å². The van der Waals surface area contributed by atoms with Gasteiger partial charge in [0.15, 0.2) is 0 Å². The van der Waals surface area contributed by atoms with Gasteiger partial charge in [-0.15, -0.1) is 0 Å². The highest BCUT2D eigenvalue weighted by Crippen LogP contribution is 2.40. The Bertz CT molecular complexity index is 375. The van der Waals surface area contributed by atoms with Crippen molar-refractivity contribution in [3.05, 3.63) is 0 Å². The Morgan fingerprint density at radius 1 is 1.35 bits per heavy atom. The molecule has 2 bridgehead atoms. The van der Waals surface area contributed by atoms with Crippen LogP contribution in [0.5, 0.6) is 0 Å². The van der Waals surface area contributed by atoms with Crippen molar-refractivity contribution in [2.24, 2.45) is 11.8 Å². The fourth-order valence-corrected chi connectivity index (χ4v) is 4.86. The number of piperidine rings is 1. The molecule has 0 spiro atoms. The van der Waals surface area contributed by atoms with Crippen LogP contribution >= 0.6 is 0 Å². The third-order valence-corrected chi connectivity index (χ3v) is 6.00. The van der Waals surface area contributed by atoms with Crippen molar-refractivity contribution in [3.63, 3.8) is 0 Å². The van der Waals surface area contributed by atoms with Gasteiger partial charge in [0.1, 0.15) is 5.54 Å². The normalized spacial score (nSPS) is 40.3. The number of nitriles is 1. The number of hydrogen-bond acceptors (Lipinski definition) is 3. The van der Waals surface area contributed by atoms with Crippen LogP contribution < -0.4 is 5.32 Å². The summed E-state index contributed by atoms with van der Waals surface area (Å²) in [6, 6.07) is 3.52. The molecule has 0 aromatic heterocycles. The number of fused-ring (bicyclic) bond motifs is 2. The second-order valence-corrected chi connectivity index (χ2v) is 7.22. The smallest absolute Gasteiger partial charge is 0.109 e. The minimum Gasteiger partial charge on any atom is -0.300 e. The van der Waals surface area contributed by atoms with E-state index in [1.165, 1.54) is 51.6 Å². The molecule has 0 radical (unpaired) electrons. The van der Waals surface area contributed by atoms with E-state index in [4.69, 9.17) is 0 Å². The van der Waals surface area contributed by atoms with E-state index in [0.717, 1.165) is 31.3 Å². The van der Waals surface area contributed by atoms with E-state index < -0.39 is 0 Å². The van der Waals surface area contributed by atoms with E-state index in [-0.39, 0.29) is 5.54 Å². The summed E-state index contributed by atoms with van der Waals surface area (Å²) in [5.41, 5.74) is -0.214. The summed E-state index contributed by atoms with van der Waals surface area (Å²) < 4.78 is 0. The predicted octanol–water partition coefficient (Wildman–Crippen LogP) is 2.92. The lowest BCUT2D eigenvalue weighted by atomic mass is 9.85. The zero-order valence-corrected chi connectivity index (χ0v) is 12.9. The van der Waals surface area contributed by atoms with Gasteiger partial charge < -0.3 is 4.90 Å². The van der Waals surface area contributed by atoms with Crippen molar-refractivity contribution in [1.29, 1.82) is 5.26 Å². The maximum Gasteiger partial charge on any atom is 0.109 e. The second kappa shape index (κ2) is 6.03. The third kappa shape index (κ3) is 2.61. The average molecular weight is 275 g/mol. The standard InChI is InChI=1S/C17H29N3/c1-2-9-19-17(13-18)8-3-4-15(17)7-10-20-12-14-5-6-16(20)11-14/h14-16,19H,2-12H2,1H3. The molecule has 3 nitrogen and oxygen atoms in total. The molecular formula is C17H29N3. The monoisotopic (exact) mass is 275 g/mol. The van der Waals surface area contributed by atoms with Crippen LogP contribution in [0.25, 0.3) is 0 Å². The second-order valence-electron chi connectivity index (χ2n) is 7.22. The van der Waals surface area contributed by atoms with Crippen molar-refractivity contribution < 1.29 is 0 Å². The minimum atomic E-state index is -0.214. The van der Waals surface area contributed by atoms with E-state index in [0.29, 0.717) is 5.92 Å². The first kappa shape index (κ1) is 14.4. The highest BCUT2D eigenvalue weighted by molar-refractivity contribution is 5.14. The molecular weight excluding hydrogens is 246 g/mol. The zero-order valence-electron chi connectivity index (χ0n) is 12.9. The lowest BCUT2D eigenvalue weighted by molar-refractivity contribution is 0.184. The Morgan fingerprint density at radius 2 is 2.25 bits per heavy atom. The van der Waals surface area contributed by atoms with Gasteiger partial charge in [-0.2, -0.15) is 5.26 Å². The van der Waals surface area contributed by atoms with Crippen LogP contribution in [0.3, 0.4) is 0 Å². The van der Waals surface area contributed by atoms with Gasteiger partial charge in [0.2, 0.25) is 0 Å². The largest absolute Gasteiger partial charge is 0.300 e. The summed E-state index contributed by atoms with van der Waals surface area (Å²) in [7, 11) is 0. The van der Waals surface area contributed by atoms with Gasteiger partial charge in [0.05, 0.1) is 6.07 Å². The molecule has 112 valence electrons. The fourth-order valence-electron chi connectivity index (χ4n) is 4.86. The first-order valence-corrected chi connectivity index (χ1v) is 8.67. The average Bonchev–Trinajstić information content (AvgIpc) is 3.18. The Labute approximate surface area is 123 Å². The van der Waals surface area contributed by atoms with E-state index in [2.05, 4.69) is 23.2 Å². The molecule has 2 saturated carbocycles. The van der Waals surface area contributed by atoms with E-state index in [1.54, 1.807) is 0 Å². The number of nitrogens with zero attached hydrogens (tertiary/aromatic N) is 2. The highest BCUT2D eigenvalue weighted by Gasteiger charge is 2.44. The van der Waals surface area contributed by atoms with Crippen LogP contribution in [0.15, 0.2) is 0 Å². The van der Waals surface area contributed by atoms with Gasteiger partial charge in [0.25, 0.3) is 0 Å². The van der Waals surface area contributed by atoms with E-state index in [1.807, 2.05) is 0 Å². The minimum absolute atomic E-state index is 0.214. The maximum atomic E-state index is 9.68. The first-order chi connectivity index (χ1) is 9.77. The van der Waals surface area contributed by atoms with Gasteiger partial charge in [-0.25, -0.2) is 0 Å². The van der Waals surface area contributed by atoms with Crippen LogP contribution in [0.1, 0.15) is 58.3 Å². The third-order valence-electron chi connectivity index (χ3n) is 6.00. The van der Waals surface area contributed by atoms with Crippen LogP contribution in [0.4, 0.5) is 0 Å². The van der Waals surface area contributed by atoms with Crippen molar-refractivity contribution >= 4 is 0 Å². The van der Waals surface area contributed by atoms with Gasteiger partial charge in [-0.05, 0) is 69.9 Å². The predicted molar refractivity (Wildman–Crippen MR) is 81.3 cm³/mol. The molecule has 2 aliphatic carbocycles. The van der Waals surface area contributed by atoms with Crippen LogP contribution in [0.2, 0.25) is 0 Å². The lowest BCUT2D eigenvalue weighted by Gasteiger charge is -2.33. The Balaban J connectivity index is 1.54. The molecule has 1 saturated heterocycles. The molecule has 3 aliphatic rings. The molecule has 0 amide bonds. The molecule has 4 unspecified atom stereocenters. The molecule has 1 N–H and O–H groups in total. The summed E-state index contributed by atoms with van der Waals surface area (Å²) >= 11 is 0. The molecule has 3 rings (SSSR count). The van der Waals surface area contributed by atoms with Crippen LogP contribution in [0, 0.1) is 23.2 Å². The number of nitrogens with one attached hydrogen (secondary N) is 1. The number of hydrogen-bond donors (Lipinski definition) is 1. The molecule has 20 heavy (non-hydrogen) atoms. The topological polar surface area (TPSA) is 39.1 Å². The van der Waals surface area contributed by atoms with Crippen molar-refractivity contribution in [2.75, 3.05) is 19.6 Å². The Hall–Kier alpha value is -0.590. The van der Waals surface area contributed by atoms with Gasteiger partial charge in [-0.1, -0.05) is 13.3 Å². The summed E-state index contributed by atoms with van der Waals surface area (Å²) in [4.78, 5) is 2.72. The summed E-state index contributed by atoms with van der Waals surface area (Å²) in [6.45, 7) is 5.73. The molecule has 1 aliphatic heterocycles. The Morgan fingerprint density at radius 3 is 2.90 bits per heavy atom. The van der Waals surface area contributed by atoms with Crippen molar-refractivity contribution in [1.82, 2.24) is 10.2 Å². The first-order valence-electron chi connectivity index (χ1n) is 8.67. The highest BCUT2D eigenvalue weighted by atomic mass is 15.2. The summed E-state index contributed by atoms with van der Waals surface area (Å²) in [6.07, 6.45) is 10.2. The number of likely N-dealkylation sites (tertiary alicyclic amines) is 1. The molecule has 4 atom stereocenters. The fraction of sp³-hybridized carbons (Fsp3) is 0.941. The quantitative estimate of drug-likeness (QED) is 0.810. The number of rotatable bonds is 6. The molecule has 3 heteroatoms. The summed E-state index contributed by atoms with van der Waals surface area (Å²) in [5.74, 6) is 1.56. The summed E-state index contributed by atoms with van der Waals surface area (Å²) in [5, 5.41) is 13.3. The molecule has 0 aromatic rings. The Kier molecular flexibility index (Phi) is 4.33. The van der Waals surface area contributed by atoms with E-state index in [9.17, 15) is 5.26 Å². The molecule has 1 heterocycles. The van der Waals surface area contributed by atoms with E-state index >= 15 is 0 Å². The molecule has 3 fully saturated rings. The van der Waals surface area contributed by atoms with Crippen LogP contribution in [-0.2, 0) is 0 Å². The van der Waals surface area contributed by atoms with Gasteiger partial charge >= 0.3 is 0 Å². The SMILES string of the molecule is CCCNC1(C#N)CCCC1CCN1CC2CCC1C2. The zero-order chi connectivity index (χ0) is 14.0. The van der Waals surface area contributed by atoms with Crippen molar-refractivity contribution in [3.8, 4) is 6.07 Å².